The molecule has 1 aromatic heterocycles. The zero-order valence-electron chi connectivity index (χ0n) is 18.9. The van der Waals surface area contributed by atoms with Gasteiger partial charge in [-0.2, -0.15) is 5.26 Å². The molecule has 0 unspecified atom stereocenters. The molecule has 0 atom stereocenters. The number of esters is 1. The van der Waals surface area contributed by atoms with Crippen molar-refractivity contribution in [2.45, 2.75) is 6.54 Å². The van der Waals surface area contributed by atoms with Crippen LogP contribution in [0.5, 0.6) is 17.2 Å². The molecule has 8 nitrogen and oxygen atoms in total. The number of ether oxygens (including phenoxy) is 3. The largest absolute Gasteiger partial charge is 0.496 e. The summed E-state index contributed by atoms with van der Waals surface area (Å²) in [5, 5.41) is 12.0. The van der Waals surface area contributed by atoms with Crippen LogP contribution in [0, 0.1) is 11.3 Å². The summed E-state index contributed by atoms with van der Waals surface area (Å²) in [6, 6.07) is 15.4. The first-order valence-electron chi connectivity index (χ1n) is 10.3. The minimum atomic E-state index is -0.622. The summed E-state index contributed by atoms with van der Waals surface area (Å²) in [6.07, 6.45) is 5.76. The van der Waals surface area contributed by atoms with Crippen molar-refractivity contribution >= 4 is 40.0 Å². The smallest absolute Gasteiger partial charge is 0.336 e. The highest BCUT2D eigenvalue weighted by Gasteiger charge is 2.13. The average molecular weight is 537 g/mol. The van der Waals surface area contributed by atoms with Gasteiger partial charge in [-0.25, -0.2) is 4.79 Å². The summed E-state index contributed by atoms with van der Waals surface area (Å²) >= 11 is 3.38. The number of amides is 1. The van der Waals surface area contributed by atoms with Gasteiger partial charge in [0.2, 0.25) is 0 Å². The molecule has 0 aliphatic carbocycles. The summed E-state index contributed by atoms with van der Waals surface area (Å²) in [4.78, 5) is 24.7. The van der Waals surface area contributed by atoms with E-state index in [1.807, 2.05) is 18.2 Å². The molecule has 0 aliphatic heterocycles. The van der Waals surface area contributed by atoms with Crippen LogP contribution < -0.4 is 19.5 Å². The van der Waals surface area contributed by atoms with E-state index in [1.54, 1.807) is 43.5 Å². The molecule has 178 valence electrons. The third kappa shape index (κ3) is 7.09. The minimum Gasteiger partial charge on any atom is -0.496 e. The van der Waals surface area contributed by atoms with Crippen LogP contribution in [0.2, 0.25) is 0 Å². The van der Waals surface area contributed by atoms with Gasteiger partial charge < -0.3 is 23.9 Å². The Morgan fingerprint density at radius 3 is 2.54 bits per heavy atom. The zero-order valence-corrected chi connectivity index (χ0v) is 20.5. The van der Waals surface area contributed by atoms with Gasteiger partial charge in [0.1, 0.15) is 23.2 Å². The molecule has 3 aromatic rings. The number of carbonyl (C=O) groups is 2. The average Bonchev–Trinajstić information content (AvgIpc) is 3.39. The minimum absolute atomic E-state index is 0.103. The van der Waals surface area contributed by atoms with Gasteiger partial charge in [-0.3, -0.25) is 4.79 Å². The molecule has 9 heteroatoms. The predicted octanol–water partition coefficient (Wildman–Crippen LogP) is 4.90. The molecule has 0 saturated heterocycles. The topological polar surface area (TPSA) is 111 Å². The lowest BCUT2D eigenvalue weighted by molar-refractivity contribution is -0.129. The van der Waals surface area contributed by atoms with Gasteiger partial charge in [0, 0.05) is 16.1 Å². The van der Waals surface area contributed by atoms with E-state index < -0.39 is 11.9 Å². The van der Waals surface area contributed by atoms with Crippen LogP contribution >= 0.6 is 15.9 Å². The molecule has 0 bridgehead atoms. The van der Waals surface area contributed by atoms with Gasteiger partial charge in [0.15, 0.2) is 11.5 Å². The van der Waals surface area contributed by atoms with Crippen LogP contribution in [-0.4, -0.2) is 26.1 Å². The second kappa shape index (κ2) is 12.3. The van der Waals surface area contributed by atoms with E-state index in [4.69, 9.17) is 18.6 Å². The summed E-state index contributed by atoms with van der Waals surface area (Å²) in [6.45, 7) is 0.155. The van der Waals surface area contributed by atoms with Crippen molar-refractivity contribution in [1.29, 1.82) is 5.26 Å². The highest BCUT2D eigenvalue weighted by Crippen LogP contribution is 2.30. The van der Waals surface area contributed by atoms with E-state index in [1.165, 1.54) is 31.6 Å². The lowest BCUT2D eigenvalue weighted by Gasteiger charge is -2.09. The molecule has 35 heavy (non-hydrogen) atoms. The first-order chi connectivity index (χ1) is 16.9. The number of hydrogen-bond donors (Lipinski definition) is 1. The van der Waals surface area contributed by atoms with Crippen LogP contribution in [0.15, 0.2) is 75.3 Å². The van der Waals surface area contributed by atoms with Crippen LogP contribution in [0.25, 0.3) is 12.2 Å². The SMILES string of the molecule is COc1ccc(Br)cc1/C=C/C(=O)Oc1ccc(/C=C(\C#N)C(=O)NCc2ccco2)cc1OC. The Morgan fingerprint density at radius 2 is 1.86 bits per heavy atom. The highest BCUT2D eigenvalue weighted by atomic mass is 79.9. The summed E-state index contributed by atoms with van der Waals surface area (Å²) in [7, 11) is 2.96. The normalized spacial score (nSPS) is 11.1. The van der Waals surface area contributed by atoms with Crippen molar-refractivity contribution in [3.05, 3.63) is 87.8 Å². The standard InChI is InChI=1S/C26H21BrN2O6/c1-32-22-9-7-20(27)14-18(22)6-10-25(30)35-23-8-5-17(13-24(23)33-2)12-19(15-28)26(31)29-16-21-4-3-11-34-21/h3-14H,16H2,1-2H3,(H,29,31)/b10-6+,19-12+. The summed E-state index contributed by atoms with van der Waals surface area (Å²) in [5.74, 6) is 0.438. The molecule has 1 amide bonds. The number of methoxy groups -OCH3 is 2. The molecule has 0 radical (unpaired) electrons. The first kappa shape index (κ1) is 25.3. The number of hydrogen-bond acceptors (Lipinski definition) is 7. The fraction of sp³-hybridized carbons (Fsp3) is 0.115. The van der Waals surface area contributed by atoms with Gasteiger partial charge >= 0.3 is 5.97 Å². The van der Waals surface area contributed by atoms with Gasteiger partial charge in [-0.15, -0.1) is 0 Å². The molecule has 0 saturated carbocycles. The Bertz CT molecular complexity index is 1310. The molecular formula is C26H21BrN2O6. The highest BCUT2D eigenvalue weighted by molar-refractivity contribution is 9.10. The van der Waals surface area contributed by atoms with Crippen molar-refractivity contribution in [3.8, 4) is 23.3 Å². The van der Waals surface area contributed by atoms with Crippen molar-refractivity contribution in [1.82, 2.24) is 5.32 Å². The Morgan fingerprint density at radius 1 is 1.09 bits per heavy atom. The molecular weight excluding hydrogens is 516 g/mol. The van der Waals surface area contributed by atoms with Gasteiger partial charge in [-0.1, -0.05) is 22.0 Å². The Kier molecular flexibility index (Phi) is 8.87. The third-order valence-corrected chi connectivity index (χ3v) is 5.16. The van der Waals surface area contributed by atoms with Gasteiger partial charge in [0.05, 0.1) is 27.0 Å². The fourth-order valence-electron chi connectivity index (χ4n) is 2.98. The number of carbonyl (C=O) groups excluding carboxylic acids is 2. The first-order valence-corrected chi connectivity index (χ1v) is 11.1. The van der Waals surface area contributed by atoms with E-state index in [0.29, 0.717) is 22.6 Å². The molecule has 2 aromatic carbocycles. The molecule has 0 aliphatic rings. The molecule has 3 rings (SSSR count). The fourth-order valence-corrected chi connectivity index (χ4v) is 3.36. The Hall–Kier alpha value is -4.29. The third-order valence-electron chi connectivity index (χ3n) is 4.67. The second-order valence-corrected chi connectivity index (χ2v) is 7.90. The number of nitriles is 1. The van der Waals surface area contributed by atoms with Crippen molar-refractivity contribution in [3.63, 3.8) is 0 Å². The van der Waals surface area contributed by atoms with Crippen molar-refractivity contribution in [2.24, 2.45) is 0 Å². The van der Waals surface area contributed by atoms with E-state index >= 15 is 0 Å². The maximum Gasteiger partial charge on any atom is 0.336 e. The quantitative estimate of drug-likeness (QED) is 0.179. The molecule has 1 heterocycles. The Balaban J connectivity index is 1.71. The van der Waals surface area contributed by atoms with E-state index in [0.717, 1.165) is 4.47 Å². The van der Waals surface area contributed by atoms with Crippen LogP contribution in [0.1, 0.15) is 16.9 Å². The lowest BCUT2D eigenvalue weighted by atomic mass is 10.1. The molecule has 0 spiro atoms. The van der Waals surface area contributed by atoms with Crippen molar-refractivity contribution in [2.75, 3.05) is 14.2 Å². The van der Waals surface area contributed by atoms with Crippen LogP contribution in [-0.2, 0) is 16.1 Å². The summed E-state index contributed by atoms with van der Waals surface area (Å²) < 4.78 is 22.0. The van der Waals surface area contributed by atoms with Gasteiger partial charge in [-0.05, 0) is 60.2 Å². The molecule has 1 N–H and O–H groups in total. The number of furan rings is 1. The van der Waals surface area contributed by atoms with E-state index in [9.17, 15) is 14.9 Å². The van der Waals surface area contributed by atoms with Crippen molar-refractivity contribution < 1.29 is 28.2 Å². The summed E-state index contributed by atoms with van der Waals surface area (Å²) in [5.41, 5.74) is 1.11. The zero-order chi connectivity index (χ0) is 25.2. The predicted molar refractivity (Wildman–Crippen MR) is 133 cm³/mol. The van der Waals surface area contributed by atoms with E-state index in [-0.39, 0.29) is 23.6 Å². The number of nitrogens with zero attached hydrogens (tertiary/aromatic N) is 1. The maximum atomic E-state index is 12.4. The number of nitrogens with one attached hydrogen (secondary N) is 1. The maximum absolute atomic E-state index is 12.4. The van der Waals surface area contributed by atoms with E-state index in [2.05, 4.69) is 21.2 Å². The second-order valence-electron chi connectivity index (χ2n) is 6.98. The van der Waals surface area contributed by atoms with Crippen LogP contribution in [0.3, 0.4) is 0 Å². The number of halogens is 1. The van der Waals surface area contributed by atoms with Gasteiger partial charge in [0.25, 0.3) is 5.91 Å². The lowest BCUT2D eigenvalue weighted by Crippen LogP contribution is -2.23. The number of benzene rings is 2. The molecule has 0 fully saturated rings. The number of rotatable bonds is 9. The Labute approximate surface area is 210 Å². The van der Waals surface area contributed by atoms with Crippen LogP contribution in [0.4, 0.5) is 0 Å². The monoisotopic (exact) mass is 536 g/mol.